The summed E-state index contributed by atoms with van der Waals surface area (Å²) in [5.41, 5.74) is 7.02. The second kappa shape index (κ2) is 4.53. The third-order valence-electron chi connectivity index (χ3n) is 3.94. The van der Waals surface area contributed by atoms with Gasteiger partial charge in [-0.15, -0.1) is 0 Å². The minimum atomic E-state index is 0.304. The van der Waals surface area contributed by atoms with Gasteiger partial charge in [-0.2, -0.15) is 0 Å². The van der Waals surface area contributed by atoms with Crippen LogP contribution in [0.4, 0.5) is 11.5 Å². The van der Waals surface area contributed by atoms with Crippen LogP contribution in [0.15, 0.2) is 18.3 Å². The van der Waals surface area contributed by atoms with E-state index < -0.39 is 0 Å². The normalized spacial score (nSPS) is 17.9. The van der Waals surface area contributed by atoms with Gasteiger partial charge in [-0.05, 0) is 45.5 Å². The zero-order chi connectivity index (χ0) is 12.5. The van der Waals surface area contributed by atoms with E-state index in [0.717, 1.165) is 18.1 Å². The maximum absolute atomic E-state index is 5.96. The fourth-order valence-electron chi connectivity index (χ4n) is 2.58. The molecule has 0 unspecified atom stereocenters. The molecule has 1 saturated carbocycles. The molecule has 1 aliphatic carbocycles. The van der Waals surface area contributed by atoms with Crippen molar-refractivity contribution in [3.63, 3.8) is 0 Å². The first-order chi connectivity index (χ1) is 8.05. The van der Waals surface area contributed by atoms with Crippen molar-refractivity contribution >= 4 is 11.5 Å². The molecule has 94 valence electrons. The number of hydrogen-bond acceptors (Lipinski definition) is 4. The summed E-state index contributed by atoms with van der Waals surface area (Å²) in [6, 6.07) is 3.78. The topological polar surface area (TPSA) is 45.4 Å². The molecule has 4 heteroatoms. The summed E-state index contributed by atoms with van der Waals surface area (Å²) >= 11 is 0. The predicted molar refractivity (Wildman–Crippen MR) is 72.2 cm³/mol. The highest BCUT2D eigenvalue weighted by Crippen LogP contribution is 2.37. The van der Waals surface area contributed by atoms with E-state index >= 15 is 0 Å². The number of aromatic nitrogens is 1. The number of hydrogen-bond donors (Lipinski definition) is 1. The van der Waals surface area contributed by atoms with Crippen molar-refractivity contribution in [2.24, 2.45) is 0 Å². The van der Waals surface area contributed by atoms with Crippen molar-refractivity contribution < 1.29 is 0 Å². The SMILES string of the molecule is CN(CC1(N(C)C)CCC1)c1ncccc1N. The van der Waals surface area contributed by atoms with Crippen LogP contribution < -0.4 is 10.6 Å². The highest BCUT2D eigenvalue weighted by Gasteiger charge is 2.40. The van der Waals surface area contributed by atoms with Gasteiger partial charge in [0.2, 0.25) is 0 Å². The molecule has 0 saturated heterocycles. The van der Waals surface area contributed by atoms with E-state index in [1.807, 2.05) is 12.1 Å². The summed E-state index contributed by atoms with van der Waals surface area (Å²) in [6.07, 6.45) is 5.64. The van der Waals surface area contributed by atoms with Gasteiger partial charge in [-0.25, -0.2) is 4.98 Å². The van der Waals surface area contributed by atoms with Gasteiger partial charge in [-0.1, -0.05) is 0 Å². The maximum Gasteiger partial charge on any atom is 0.151 e. The van der Waals surface area contributed by atoms with Gasteiger partial charge in [0.15, 0.2) is 5.82 Å². The predicted octanol–water partition coefficient (Wildman–Crippen LogP) is 1.58. The number of pyridine rings is 1. The molecule has 1 aromatic rings. The Kier molecular flexibility index (Phi) is 3.24. The average molecular weight is 234 g/mol. The van der Waals surface area contributed by atoms with E-state index in [4.69, 9.17) is 5.73 Å². The molecule has 1 aliphatic rings. The smallest absolute Gasteiger partial charge is 0.151 e. The second-order valence-corrected chi connectivity index (χ2v) is 5.24. The highest BCUT2D eigenvalue weighted by molar-refractivity contribution is 5.61. The summed E-state index contributed by atoms with van der Waals surface area (Å²) in [5, 5.41) is 0. The summed E-state index contributed by atoms with van der Waals surface area (Å²) in [6.45, 7) is 0.987. The Morgan fingerprint density at radius 1 is 1.35 bits per heavy atom. The Bertz CT molecular complexity index is 385. The van der Waals surface area contributed by atoms with Gasteiger partial charge >= 0.3 is 0 Å². The molecule has 0 bridgehead atoms. The van der Waals surface area contributed by atoms with Crippen molar-refractivity contribution in [3.05, 3.63) is 18.3 Å². The van der Waals surface area contributed by atoms with Gasteiger partial charge in [0.25, 0.3) is 0 Å². The number of likely N-dealkylation sites (N-methyl/N-ethyl adjacent to an activating group) is 2. The van der Waals surface area contributed by atoms with Crippen molar-refractivity contribution in [1.82, 2.24) is 9.88 Å². The molecule has 1 heterocycles. The lowest BCUT2D eigenvalue weighted by molar-refractivity contribution is 0.0682. The Hall–Kier alpha value is -1.29. The summed E-state index contributed by atoms with van der Waals surface area (Å²) in [4.78, 5) is 8.88. The molecule has 0 atom stereocenters. The van der Waals surface area contributed by atoms with Crippen LogP contribution in [0.3, 0.4) is 0 Å². The van der Waals surface area contributed by atoms with Crippen molar-refractivity contribution in [2.45, 2.75) is 24.8 Å². The van der Waals surface area contributed by atoms with Gasteiger partial charge in [0.05, 0.1) is 5.69 Å². The molecule has 0 spiro atoms. The van der Waals surface area contributed by atoms with Gasteiger partial charge in [0, 0.05) is 25.3 Å². The monoisotopic (exact) mass is 234 g/mol. The average Bonchev–Trinajstić information content (AvgIpc) is 2.23. The van der Waals surface area contributed by atoms with Crippen LogP contribution in [0.25, 0.3) is 0 Å². The molecule has 1 fully saturated rings. The largest absolute Gasteiger partial charge is 0.396 e. The Morgan fingerprint density at radius 3 is 2.53 bits per heavy atom. The van der Waals surface area contributed by atoms with Crippen LogP contribution in [-0.2, 0) is 0 Å². The maximum atomic E-state index is 5.96. The lowest BCUT2D eigenvalue weighted by Gasteiger charge is -2.49. The first-order valence-electron chi connectivity index (χ1n) is 6.14. The Labute approximate surface area is 103 Å². The minimum absolute atomic E-state index is 0.304. The summed E-state index contributed by atoms with van der Waals surface area (Å²) in [5.74, 6) is 0.889. The van der Waals surface area contributed by atoms with Gasteiger partial charge in [-0.3, -0.25) is 0 Å². The number of rotatable bonds is 4. The van der Waals surface area contributed by atoms with E-state index in [1.54, 1.807) is 6.20 Å². The van der Waals surface area contributed by atoms with Crippen LogP contribution >= 0.6 is 0 Å². The first kappa shape index (κ1) is 12.2. The van der Waals surface area contributed by atoms with E-state index in [0.29, 0.717) is 5.54 Å². The third kappa shape index (κ3) is 2.22. The third-order valence-corrected chi connectivity index (χ3v) is 3.94. The molecule has 0 amide bonds. The van der Waals surface area contributed by atoms with Gasteiger partial charge in [0.1, 0.15) is 0 Å². The molecule has 2 N–H and O–H groups in total. The Morgan fingerprint density at radius 2 is 2.06 bits per heavy atom. The molecule has 4 nitrogen and oxygen atoms in total. The van der Waals surface area contributed by atoms with Crippen molar-refractivity contribution in [1.29, 1.82) is 0 Å². The highest BCUT2D eigenvalue weighted by atomic mass is 15.3. The molecular weight excluding hydrogens is 212 g/mol. The number of nitrogen functional groups attached to an aromatic ring is 1. The van der Waals surface area contributed by atoms with Crippen LogP contribution in [0.1, 0.15) is 19.3 Å². The van der Waals surface area contributed by atoms with E-state index in [-0.39, 0.29) is 0 Å². The minimum Gasteiger partial charge on any atom is -0.396 e. The lowest BCUT2D eigenvalue weighted by atomic mass is 9.75. The molecule has 17 heavy (non-hydrogen) atoms. The quantitative estimate of drug-likeness (QED) is 0.859. The molecule has 0 aliphatic heterocycles. The zero-order valence-corrected chi connectivity index (χ0v) is 11.0. The zero-order valence-electron chi connectivity index (χ0n) is 11.0. The number of nitrogens with two attached hydrogens (primary N) is 1. The first-order valence-corrected chi connectivity index (χ1v) is 6.14. The lowest BCUT2D eigenvalue weighted by Crippen LogP contribution is -2.56. The van der Waals surface area contributed by atoms with Crippen LogP contribution in [0, 0.1) is 0 Å². The van der Waals surface area contributed by atoms with E-state index in [9.17, 15) is 0 Å². The molecular formula is C13H22N4. The van der Waals surface area contributed by atoms with Gasteiger partial charge < -0.3 is 15.5 Å². The summed E-state index contributed by atoms with van der Waals surface area (Å²) < 4.78 is 0. The van der Waals surface area contributed by atoms with Crippen molar-refractivity contribution in [2.75, 3.05) is 38.3 Å². The summed E-state index contributed by atoms with van der Waals surface area (Å²) in [7, 11) is 6.39. The number of anilines is 2. The standard InChI is InChI=1S/C13H22N4/c1-16(2)13(7-5-8-13)10-17(3)12-11(14)6-4-9-15-12/h4,6,9H,5,7-8,10,14H2,1-3H3. The Balaban J connectivity index is 2.11. The second-order valence-electron chi connectivity index (χ2n) is 5.24. The molecule has 1 aromatic heterocycles. The molecule has 0 radical (unpaired) electrons. The van der Waals surface area contributed by atoms with E-state index in [1.165, 1.54) is 19.3 Å². The van der Waals surface area contributed by atoms with Crippen molar-refractivity contribution in [3.8, 4) is 0 Å². The molecule has 0 aromatic carbocycles. The number of nitrogens with zero attached hydrogens (tertiary/aromatic N) is 3. The van der Waals surface area contributed by atoms with E-state index in [2.05, 4.69) is 35.9 Å². The van der Waals surface area contributed by atoms with Crippen LogP contribution in [0.5, 0.6) is 0 Å². The fraction of sp³-hybridized carbons (Fsp3) is 0.615. The fourth-order valence-corrected chi connectivity index (χ4v) is 2.58. The van der Waals surface area contributed by atoms with Crippen LogP contribution in [-0.4, -0.2) is 43.1 Å². The molecule has 2 rings (SSSR count). The van der Waals surface area contributed by atoms with Crippen LogP contribution in [0.2, 0.25) is 0 Å².